The lowest BCUT2D eigenvalue weighted by atomic mass is 9.79. The fraction of sp³-hybridized carbons (Fsp3) is 0.364. The molecule has 1 fully saturated rings. The zero-order chi connectivity index (χ0) is 20.1. The molecule has 2 aromatic carbocycles. The Kier molecular flexibility index (Phi) is 6.25. The molecule has 1 aliphatic heterocycles. The number of hydrogen-bond donors (Lipinski definition) is 2. The molecule has 2 N–H and O–H groups in total. The van der Waals surface area contributed by atoms with Gasteiger partial charge in [-0.2, -0.15) is 0 Å². The Labute approximate surface area is 171 Å². The highest BCUT2D eigenvalue weighted by Crippen LogP contribution is 2.31. The van der Waals surface area contributed by atoms with Gasteiger partial charge in [0.2, 0.25) is 5.91 Å². The number of rotatable bonds is 4. The molecule has 0 unspecified atom stereocenters. The normalized spacial score (nSPS) is 15.8. The number of carbonyl (C=O) groups excluding carboxylic acids is 2. The maximum Gasteiger partial charge on any atom is 0.321 e. The van der Waals surface area contributed by atoms with Crippen molar-refractivity contribution >= 4 is 29.2 Å². The molecule has 3 rings (SSSR count). The molecular weight excluding hydrogens is 374 g/mol. The van der Waals surface area contributed by atoms with Crippen LogP contribution >= 0.6 is 11.6 Å². The van der Waals surface area contributed by atoms with Gasteiger partial charge in [0.05, 0.1) is 0 Å². The number of anilines is 1. The molecular formula is C22H26ClN3O2. The average Bonchev–Trinajstić information content (AvgIpc) is 2.68. The molecule has 0 saturated carbocycles. The van der Waals surface area contributed by atoms with E-state index in [0.717, 1.165) is 5.56 Å². The first-order valence-electron chi connectivity index (χ1n) is 9.51. The Bertz CT molecular complexity index is 843. The van der Waals surface area contributed by atoms with Crippen LogP contribution in [0.1, 0.15) is 30.9 Å². The van der Waals surface area contributed by atoms with Crippen LogP contribution in [0.4, 0.5) is 10.5 Å². The molecule has 0 bridgehead atoms. The molecule has 6 heteroatoms. The van der Waals surface area contributed by atoms with E-state index in [4.69, 9.17) is 11.6 Å². The van der Waals surface area contributed by atoms with Crippen LogP contribution in [0, 0.1) is 12.3 Å². The largest absolute Gasteiger partial charge is 0.352 e. The highest BCUT2D eigenvalue weighted by atomic mass is 35.5. The van der Waals surface area contributed by atoms with Gasteiger partial charge in [-0.15, -0.1) is 0 Å². The number of urea groups is 1. The van der Waals surface area contributed by atoms with Crippen molar-refractivity contribution in [3.63, 3.8) is 0 Å². The van der Waals surface area contributed by atoms with Gasteiger partial charge < -0.3 is 15.5 Å². The zero-order valence-corrected chi connectivity index (χ0v) is 17.1. The Morgan fingerprint density at radius 2 is 1.79 bits per heavy atom. The third-order valence-corrected chi connectivity index (χ3v) is 5.59. The summed E-state index contributed by atoms with van der Waals surface area (Å²) in [7, 11) is 0. The van der Waals surface area contributed by atoms with Crippen LogP contribution in [0.25, 0.3) is 0 Å². The highest BCUT2D eigenvalue weighted by molar-refractivity contribution is 6.30. The number of carbonyl (C=O) groups is 2. The molecule has 5 nitrogen and oxygen atoms in total. The second-order valence-corrected chi connectivity index (χ2v) is 8.09. The molecule has 3 amide bonds. The van der Waals surface area contributed by atoms with Crippen LogP contribution < -0.4 is 10.6 Å². The van der Waals surface area contributed by atoms with Crippen molar-refractivity contribution in [2.75, 3.05) is 18.4 Å². The monoisotopic (exact) mass is 399 g/mol. The van der Waals surface area contributed by atoms with Crippen molar-refractivity contribution in [3.05, 3.63) is 64.7 Å². The zero-order valence-electron chi connectivity index (χ0n) is 16.3. The van der Waals surface area contributed by atoms with Crippen LogP contribution in [-0.4, -0.2) is 29.9 Å². The van der Waals surface area contributed by atoms with E-state index in [2.05, 4.69) is 10.6 Å². The number of halogens is 1. The van der Waals surface area contributed by atoms with Crippen LogP contribution in [0.2, 0.25) is 5.02 Å². The molecule has 148 valence electrons. The van der Waals surface area contributed by atoms with E-state index < -0.39 is 5.41 Å². The van der Waals surface area contributed by atoms with Gasteiger partial charge in [0, 0.05) is 35.8 Å². The Balaban J connectivity index is 1.50. The third kappa shape index (κ3) is 5.04. The van der Waals surface area contributed by atoms with Crippen LogP contribution in [0.5, 0.6) is 0 Å². The molecule has 28 heavy (non-hydrogen) atoms. The van der Waals surface area contributed by atoms with Gasteiger partial charge in [0.1, 0.15) is 0 Å². The number of aryl methyl sites for hydroxylation is 1. The van der Waals surface area contributed by atoms with Crippen molar-refractivity contribution < 1.29 is 9.59 Å². The number of benzene rings is 2. The van der Waals surface area contributed by atoms with Crippen molar-refractivity contribution in [2.24, 2.45) is 5.41 Å². The van der Waals surface area contributed by atoms with E-state index in [1.165, 1.54) is 5.56 Å². The first-order valence-corrected chi connectivity index (χ1v) is 9.89. The maximum atomic E-state index is 12.7. The Morgan fingerprint density at radius 3 is 2.43 bits per heavy atom. The van der Waals surface area contributed by atoms with Crippen molar-refractivity contribution in [3.8, 4) is 0 Å². The Hall–Kier alpha value is -2.53. The van der Waals surface area contributed by atoms with Crippen molar-refractivity contribution in [2.45, 2.75) is 33.2 Å². The number of likely N-dealkylation sites (tertiary alicyclic amines) is 1. The SMILES string of the molecule is Cc1ccc(CNC(=O)C2(C)CCN(C(=O)Nc3cccc(Cl)c3)CC2)cc1. The van der Waals surface area contributed by atoms with E-state index in [0.29, 0.717) is 43.2 Å². The minimum atomic E-state index is -0.461. The van der Waals surface area contributed by atoms with Gasteiger partial charge >= 0.3 is 6.03 Å². The Morgan fingerprint density at radius 1 is 1.11 bits per heavy atom. The molecule has 1 aliphatic rings. The quantitative estimate of drug-likeness (QED) is 0.789. The number of amides is 3. The fourth-order valence-corrected chi connectivity index (χ4v) is 3.49. The molecule has 2 aromatic rings. The van der Waals surface area contributed by atoms with E-state index in [9.17, 15) is 9.59 Å². The minimum Gasteiger partial charge on any atom is -0.352 e. The summed E-state index contributed by atoms with van der Waals surface area (Å²) in [5.74, 6) is 0.0444. The first-order chi connectivity index (χ1) is 13.4. The van der Waals surface area contributed by atoms with Crippen LogP contribution in [0.3, 0.4) is 0 Å². The number of hydrogen-bond acceptors (Lipinski definition) is 2. The summed E-state index contributed by atoms with van der Waals surface area (Å²) in [5.41, 5.74) is 2.49. The van der Waals surface area contributed by atoms with Crippen molar-refractivity contribution in [1.82, 2.24) is 10.2 Å². The predicted molar refractivity (Wildman–Crippen MR) is 112 cm³/mol. The smallest absolute Gasteiger partial charge is 0.321 e. The number of nitrogens with zero attached hydrogens (tertiary/aromatic N) is 1. The summed E-state index contributed by atoms with van der Waals surface area (Å²) in [5, 5.41) is 6.49. The number of piperidine rings is 1. The molecule has 1 saturated heterocycles. The standard InChI is InChI=1S/C22H26ClN3O2/c1-16-6-8-17(9-7-16)15-24-20(27)22(2)10-12-26(13-11-22)21(28)25-19-5-3-4-18(23)14-19/h3-9,14H,10-13,15H2,1-2H3,(H,24,27)(H,25,28). The van der Waals surface area contributed by atoms with Gasteiger partial charge in [-0.3, -0.25) is 4.79 Å². The topological polar surface area (TPSA) is 61.4 Å². The van der Waals surface area contributed by atoms with Gasteiger partial charge in [0.15, 0.2) is 0 Å². The average molecular weight is 400 g/mol. The van der Waals surface area contributed by atoms with Gasteiger partial charge in [-0.05, 0) is 43.5 Å². The summed E-state index contributed by atoms with van der Waals surface area (Å²) in [6.07, 6.45) is 1.27. The molecule has 0 aliphatic carbocycles. The summed E-state index contributed by atoms with van der Waals surface area (Å²) in [4.78, 5) is 26.9. The highest BCUT2D eigenvalue weighted by Gasteiger charge is 2.37. The van der Waals surface area contributed by atoms with E-state index in [1.54, 1.807) is 29.2 Å². The number of nitrogens with one attached hydrogen (secondary N) is 2. The van der Waals surface area contributed by atoms with Crippen LogP contribution in [0.15, 0.2) is 48.5 Å². The van der Waals surface area contributed by atoms with Crippen molar-refractivity contribution in [1.29, 1.82) is 0 Å². The minimum absolute atomic E-state index is 0.0444. The van der Waals surface area contributed by atoms with E-state index >= 15 is 0 Å². The second-order valence-electron chi connectivity index (χ2n) is 7.66. The second kappa shape index (κ2) is 8.65. The van der Waals surface area contributed by atoms with Gasteiger partial charge in [-0.1, -0.05) is 54.4 Å². The predicted octanol–water partition coefficient (Wildman–Crippen LogP) is 4.60. The summed E-state index contributed by atoms with van der Waals surface area (Å²) < 4.78 is 0. The maximum absolute atomic E-state index is 12.7. The summed E-state index contributed by atoms with van der Waals surface area (Å²) >= 11 is 5.96. The lowest BCUT2D eigenvalue weighted by Gasteiger charge is -2.38. The van der Waals surface area contributed by atoms with Gasteiger partial charge in [-0.25, -0.2) is 4.79 Å². The summed E-state index contributed by atoms with van der Waals surface area (Å²) in [6.45, 7) is 5.62. The fourth-order valence-electron chi connectivity index (χ4n) is 3.30. The lowest BCUT2D eigenvalue weighted by molar-refractivity contribution is -0.132. The molecule has 0 radical (unpaired) electrons. The molecule has 0 spiro atoms. The molecule has 1 heterocycles. The third-order valence-electron chi connectivity index (χ3n) is 5.35. The van der Waals surface area contributed by atoms with E-state index in [1.807, 2.05) is 38.1 Å². The first kappa shape index (κ1) is 20.2. The molecule has 0 aromatic heterocycles. The lowest BCUT2D eigenvalue weighted by Crippen LogP contribution is -2.49. The molecule has 0 atom stereocenters. The van der Waals surface area contributed by atoms with E-state index in [-0.39, 0.29) is 11.9 Å². The summed E-state index contributed by atoms with van der Waals surface area (Å²) in [6, 6.07) is 15.1. The van der Waals surface area contributed by atoms with Crippen LogP contribution in [-0.2, 0) is 11.3 Å². The van der Waals surface area contributed by atoms with Gasteiger partial charge in [0.25, 0.3) is 0 Å².